The highest BCUT2D eigenvalue weighted by Crippen LogP contribution is 2.40. The molecule has 0 aromatic heterocycles. The normalized spacial score (nSPS) is 20.7. The minimum absolute atomic E-state index is 0.326. The second-order valence-electron chi connectivity index (χ2n) is 8.42. The van der Waals surface area contributed by atoms with E-state index in [1.807, 2.05) is 6.92 Å². The molecule has 0 saturated carbocycles. The van der Waals surface area contributed by atoms with E-state index >= 15 is 0 Å². The Kier molecular flexibility index (Phi) is 7.15. The lowest BCUT2D eigenvalue weighted by Gasteiger charge is -2.42. The Morgan fingerprint density at radius 3 is 2.58 bits per heavy atom. The molecule has 2 aromatic rings. The predicted molar refractivity (Wildman–Crippen MR) is 127 cm³/mol. The van der Waals surface area contributed by atoms with Crippen molar-refractivity contribution in [1.82, 2.24) is 10.2 Å². The smallest absolute Gasteiger partial charge is 0.329 e. The number of aliphatic hydroxyl groups is 1. The average molecular weight is 453 g/mol. The molecule has 2 aliphatic rings. The first-order valence-electron chi connectivity index (χ1n) is 11.7. The summed E-state index contributed by atoms with van der Waals surface area (Å²) in [5, 5.41) is 17.4. The highest BCUT2D eigenvalue weighted by molar-refractivity contribution is 6.11. The van der Waals surface area contributed by atoms with Gasteiger partial charge in [-0.25, -0.2) is 4.79 Å². The van der Waals surface area contributed by atoms with Gasteiger partial charge in [-0.05, 0) is 76.2 Å². The van der Waals surface area contributed by atoms with Gasteiger partial charge in [0, 0.05) is 17.8 Å². The molecule has 3 N–H and O–H groups in total. The van der Waals surface area contributed by atoms with Gasteiger partial charge in [0.25, 0.3) is 11.6 Å². The van der Waals surface area contributed by atoms with Crippen molar-refractivity contribution < 1.29 is 19.4 Å². The van der Waals surface area contributed by atoms with Gasteiger partial charge in [-0.15, -0.1) is 0 Å². The van der Waals surface area contributed by atoms with Crippen LogP contribution in [0, 0.1) is 0 Å². The number of carbonyl (C=O) groups is 2. The Morgan fingerprint density at radius 1 is 1.12 bits per heavy atom. The van der Waals surface area contributed by atoms with Gasteiger partial charge in [0.15, 0.2) is 0 Å². The number of urea groups is 1. The van der Waals surface area contributed by atoms with Gasteiger partial charge in [-0.3, -0.25) is 9.69 Å². The van der Waals surface area contributed by atoms with E-state index in [1.54, 1.807) is 48.5 Å². The Bertz CT molecular complexity index is 975. The molecule has 4 rings (SSSR count). The van der Waals surface area contributed by atoms with E-state index in [2.05, 4.69) is 15.5 Å². The van der Waals surface area contributed by atoms with Crippen LogP contribution in [0.5, 0.6) is 5.75 Å². The lowest BCUT2D eigenvalue weighted by molar-refractivity contribution is -0.140. The number of anilines is 2. The molecule has 0 spiro atoms. The number of para-hydroxylation sites is 1. The second kappa shape index (κ2) is 10.2. The number of likely N-dealkylation sites (tertiary alicyclic amines) is 1. The van der Waals surface area contributed by atoms with Crippen molar-refractivity contribution in [2.24, 2.45) is 0 Å². The zero-order valence-electron chi connectivity index (χ0n) is 19.0. The fraction of sp³-hybridized carbons (Fsp3) is 0.440. The molecule has 2 aromatic carbocycles. The number of hydrogen-bond donors (Lipinski definition) is 3. The quantitative estimate of drug-likeness (QED) is 0.535. The second-order valence-corrected chi connectivity index (χ2v) is 8.42. The molecule has 176 valence electrons. The maximum Gasteiger partial charge on any atom is 0.329 e. The number of benzene rings is 2. The van der Waals surface area contributed by atoms with Crippen LogP contribution in [-0.2, 0) is 10.5 Å². The van der Waals surface area contributed by atoms with E-state index in [-0.39, 0.29) is 0 Å². The van der Waals surface area contributed by atoms with Gasteiger partial charge in [0.1, 0.15) is 5.75 Å². The summed E-state index contributed by atoms with van der Waals surface area (Å²) in [7, 11) is 0. The summed E-state index contributed by atoms with van der Waals surface area (Å²) in [6.07, 6.45) is 4.49. The molecule has 1 atom stereocenters. The van der Waals surface area contributed by atoms with E-state index in [4.69, 9.17) is 4.74 Å². The molecule has 0 bridgehead atoms. The van der Waals surface area contributed by atoms with Crippen LogP contribution in [-0.4, -0.2) is 54.7 Å². The standard InChI is InChI=1S/C25H32N4O4/c1-2-33-20-13-11-19(12-14-20)29-24(31)27-22-10-5-4-9-21(22)25(29,32)23(30)26-15-8-18-28-16-6-3-7-17-28/h4-5,9-14,32H,2-3,6-8,15-18H2,1H3,(H,26,30)(H,27,31)/t25-/m0/s1. The Morgan fingerprint density at radius 2 is 1.85 bits per heavy atom. The first-order chi connectivity index (χ1) is 16.0. The molecule has 33 heavy (non-hydrogen) atoms. The summed E-state index contributed by atoms with van der Waals surface area (Å²) in [5.74, 6) is 0.0158. The summed E-state index contributed by atoms with van der Waals surface area (Å²) in [4.78, 5) is 30.0. The minimum Gasteiger partial charge on any atom is -0.494 e. The van der Waals surface area contributed by atoms with E-state index in [1.165, 1.54) is 19.3 Å². The molecule has 0 radical (unpaired) electrons. The van der Waals surface area contributed by atoms with Crippen molar-refractivity contribution in [1.29, 1.82) is 0 Å². The average Bonchev–Trinajstić information content (AvgIpc) is 2.83. The van der Waals surface area contributed by atoms with Gasteiger partial charge in [0.2, 0.25) is 0 Å². The summed E-state index contributed by atoms with van der Waals surface area (Å²) >= 11 is 0. The van der Waals surface area contributed by atoms with Crippen LogP contribution >= 0.6 is 0 Å². The molecule has 8 nitrogen and oxygen atoms in total. The Hall–Kier alpha value is -3.10. The molecule has 1 saturated heterocycles. The third-order valence-corrected chi connectivity index (χ3v) is 6.18. The van der Waals surface area contributed by atoms with Crippen LogP contribution in [0.4, 0.5) is 16.2 Å². The van der Waals surface area contributed by atoms with E-state index in [0.717, 1.165) is 31.0 Å². The molecule has 0 unspecified atom stereocenters. The van der Waals surface area contributed by atoms with E-state index < -0.39 is 17.7 Å². The molecule has 0 aliphatic carbocycles. The SMILES string of the molecule is CCOc1ccc(N2C(=O)Nc3ccccc3[C@]2(O)C(=O)NCCCN2CCCCC2)cc1. The Balaban J connectivity index is 1.56. The number of nitrogens with zero attached hydrogens (tertiary/aromatic N) is 2. The number of piperidine rings is 1. The topological polar surface area (TPSA) is 94.1 Å². The fourth-order valence-corrected chi connectivity index (χ4v) is 4.53. The van der Waals surface area contributed by atoms with Crippen molar-refractivity contribution in [2.75, 3.05) is 43.0 Å². The van der Waals surface area contributed by atoms with Crippen LogP contribution in [0.15, 0.2) is 48.5 Å². The third kappa shape index (κ3) is 4.82. The molecule has 3 amide bonds. The third-order valence-electron chi connectivity index (χ3n) is 6.18. The number of nitrogens with one attached hydrogen (secondary N) is 2. The van der Waals surface area contributed by atoms with Crippen molar-refractivity contribution in [3.05, 3.63) is 54.1 Å². The largest absolute Gasteiger partial charge is 0.494 e. The number of ether oxygens (including phenoxy) is 1. The lowest BCUT2D eigenvalue weighted by atomic mass is 9.94. The molecule has 8 heteroatoms. The maximum absolute atomic E-state index is 13.4. The van der Waals surface area contributed by atoms with Gasteiger partial charge >= 0.3 is 6.03 Å². The highest BCUT2D eigenvalue weighted by Gasteiger charge is 2.51. The number of rotatable bonds is 8. The van der Waals surface area contributed by atoms with Gasteiger partial charge in [-0.2, -0.15) is 0 Å². The monoisotopic (exact) mass is 452 g/mol. The summed E-state index contributed by atoms with van der Waals surface area (Å²) < 4.78 is 5.48. The molecule has 2 heterocycles. The lowest BCUT2D eigenvalue weighted by Crippen LogP contribution is -2.62. The minimum atomic E-state index is -2.18. The van der Waals surface area contributed by atoms with Crippen LogP contribution in [0.2, 0.25) is 0 Å². The molecule has 2 aliphatic heterocycles. The summed E-state index contributed by atoms with van der Waals surface area (Å²) in [5.41, 5.74) is -1.06. The van der Waals surface area contributed by atoms with Crippen molar-refractivity contribution in [3.8, 4) is 5.75 Å². The molecule has 1 fully saturated rings. The van der Waals surface area contributed by atoms with Crippen LogP contribution in [0.25, 0.3) is 0 Å². The summed E-state index contributed by atoms with van der Waals surface area (Å²) in [6, 6.07) is 13.0. The van der Waals surface area contributed by atoms with E-state index in [0.29, 0.717) is 35.8 Å². The zero-order chi connectivity index (χ0) is 23.3. The van der Waals surface area contributed by atoms with Crippen LogP contribution in [0.3, 0.4) is 0 Å². The van der Waals surface area contributed by atoms with Crippen LogP contribution in [0.1, 0.15) is 38.2 Å². The van der Waals surface area contributed by atoms with Crippen LogP contribution < -0.4 is 20.3 Å². The van der Waals surface area contributed by atoms with Gasteiger partial charge < -0.3 is 25.4 Å². The van der Waals surface area contributed by atoms with Gasteiger partial charge in [-0.1, -0.05) is 24.6 Å². The van der Waals surface area contributed by atoms with E-state index in [9.17, 15) is 14.7 Å². The van der Waals surface area contributed by atoms with Crippen molar-refractivity contribution >= 4 is 23.3 Å². The Labute approximate surface area is 194 Å². The maximum atomic E-state index is 13.4. The number of carbonyl (C=O) groups excluding carboxylic acids is 2. The predicted octanol–water partition coefficient (Wildman–Crippen LogP) is 3.27. The first-order valence-corrected chi connectivity index (χ1v) is 11.7. The summed E-state index contributed by atoms with van der Waals surface area (Å²) in [6.45, 7) is 5.91. The highest BCUT2D eigenvalue weighted by atomic mass is 16.5. The first kappa shape index (κ1) is 23.1. The molecular weight excluding hydrogens is 420 g/mol. The van der Waals surface area contributed by atoms with Crippen molar-refractivity contribution in [2.45, 2.75) is 38.3 Å². The molecular formula is C25H32N4O4. The fourth-order valence-electron chi connectivity index (χ4n) is 4.53. The number of hydrogen-bond acceptors (Lipinski definition) is 5. The number of amides is 3. The number of fused-ring (bicyclic) bond motifs is 1. The zero-order valence-corrected chi connectivity index (χ0v) is 19.0. The van der Waals surface area contributed by atoms with Gasteiger partial charge in [0.05, 0.1) is 12.3 Å². The van der Waals surface area contributed by atoms with Crippen molar-refractivity contribution in [3.63, 3.8) is 0 Å².